The van der Waals surface area contributed by atoms with Crippen LogP contribution in [0.3, 0.4) is 0 Å². The molecule has 1 aromatic rings. The van der Waals surface area contributed by atoms with E-state index >= 15 is 0 Å². The number of hydrogen-bond acceptors (Lipinski definition) is 3. The first kappa shape index (κ1) is 12.4. The lowest BCUT2D eigenvalue weighted by molar-refractivity contribution is 0.0520. The third-order valence-electron chi connectivity index (χ3n) is 2.78. The van der Waals surface area contributed by atoms with Crippen LogP contribution in [0, 0.1) is 0 Å². The molecule has 0 heterocycles. The lowest BCUT2D eigenvalue weighted by Gasteiger charge is -2.26. The molecule has 18 heavy (non-hydrogen) atoms. The molecule has 3 nitrogen and oxygen atoms in total. The lowest BCUT2D eigenvalue weighted by atomic mass is 9.91. The monoisotopic (exact) mass is 248 g/mol. The zero-order valence-corrected chi connectivity index (χ0v) is 9.49. The third kappa shape index (κ3) is 2.28. The van der Waals surface area contributed by atoms with Gasteiger partial charge in [-0.3, -0.25) is 0 Å². The molecule has 94 valence electrons. The SMILES string of the molecule is OC1=CC=CC(O)C1(F)C=Cc1ccc(O)cc1. The van der Waals surface area contributed by atoms with Crippen LogP contribution in [0.1, 0.15) is 5.56 Å². The summed E-state index contributed by atoms with van der Waals surface area (Å²) < 4.78 is 14.4. The van der Waals surface area contributed by atoms with Gasteiger partial charge in [0.1, 0.15) is 17.6 Å². The minimum Gasteiger partial charge on any atom is -0.508 e. The first-order chi connectivity index (χ1) is 8.52. The number of alkyl halides is 1. The van der Waals surface area contributed by atoms with Crippen LogP contribution in [0.2, 0.25) is 0 Å². The van der Waals surface area contributed by atoms with Crippen molar-refractivity contribution in [2.75, 3.05) is 0 Å². The van der Waals surface area contributed by atoms with Gasteiger partial charge in [0, 0.05) is 0 Å². The predicted octanol–water partition coefficient (Wildman–Crippen LogP) is 2.49. The van der Waals surface area contributed by atoms with E-state index in [9.17, 15) is 14.6 Å². The molecule has 2 rings (SSSR count). The Hall–Kier alpha value is -2.07. The van der Waals surface area contributed by atoms with E-state index < -0.39 is 17.5 Å². The number of allylic oxidation sites excluding steroid dienone is 2. The van der Waals surface area contributed by atoms with Gasteiger partial charge in [-0.05, 0) is 29.8 Å². The summed E-state index contributed by atoms with van der Waals surface area (Å²) in [5.74, 6) is -0.419. The Bertz CT molecular complexity index is 516. The van der Waals surface area contributed by atoms with Crippen LogP contribution in [-0.2, 0) is 0 Å². The first-order valence-corrected chi connectivity index (χ1v) is 5.45. The minimum absolute atomic E-state index is 0.116. The number of benzene rings is 1. The highest BCUT2D eigenvalue weighted by atomic mass is 19.1. The van der Waals surface area contributed by atoms with Crippen molar-refractivity contribution in [3.05, 3.63) is 59.9 Å². The number of halogens is 1. The molecule has 4 heteroatoms. The van der Waals surface area contributed by atoms with Crippen LogP contribution in [0.25, 0.3) is 6.08 Å². The molecule has 1 aliphatic carbocycles. The second-order valence-corrected chi connectivity index (χ2v) is 4.07. The quantitative estimate of drug-likeness (QED) is 0.753. The van der Waals surface area contributed by atoms with Gasteiger partial charge in [0.05, 0.1) is 0 Å². The Morgan fingerprint density at radius 2 is 1.83 bits per heavy atom. The van der Waals surface area contributed by atoms with Crippen molar-refractivity contribution in [1.29, 1.82) is 0 Å². The third-order valence-corrected chi connectivity index (χ3v) is 2.78. The highest BCUT2D eigenvalue weighted by Crippen LogP contribution is 2.31. The molecule has 1 aromatic carbocycles. The van der Waals surface area contributed by atoms with Gasteiger partial charge in [0.25, 0.3) is 0 Å². The highest BCUT2D eigenvalue weighted by molar-refractivity contribution is 5.54. The van der Waals surface area contributed by atoms with Crippen LogP contribution in [-0.4, -0.2) is 27.1 Å². The van der Waals surface area contributed by atoms with E-state index in [-0.39, 0.29) is 5.75 Å². The first-order valence-electron chi connectivity index (χ1n) is 5.45. The Balaban J connectivity index is 2.24. The second kappa shape index (κ2) is 4.66. The van der Waals surface area contributed by atoms with Crippen molar-refractivity contribution in [2.24, 2.45) is 0 Å². The van der Waals surface area contributed by atoms with Crippen LogP contribution < -0.4 is 0 Å². The maximum absolute atomic E-state index is 14.4. The molecule has 0 fully saturated rings. The fourth-order valence-corrected chi connectivity index (χ4v) is 1.66. The average Bonchev–Trinajstić information content (AvgIpc) is 2.36. The molecule has 0 aromatic heterocycles. The van der Waals surface area contributed by atoms with Crippen molar-refractivity contribution in [3.8, 4) is 5.75 Å². The summed E-state index contributed by atoms with van der Waals surface area (Å²) in [7, 11) is 0. The van der Waals surface area contributed by atoms with E-state index in [0.717, 1.165) is 6.08 Å². The lowest BCUT2D eigenvalue weighted by Crippen LogP contribution is -2.38. The molecule has 0 saturated heterocycles. The van der Waals surface area contributed by atoms with Gasteiger partial charge in [-0.2, -0.15) is 0 Å². The molecule has 0 spiro atoms. The Kier molecular flexibility index (Phi) is 3.21. The topological polar surface area (TPSA) is 60.7 Å². The molecule has 0 radical (unpaired) electrons. The summed E-state index contributed by atoms with van der Waals surface area (Å²) >= 11 is 0. The maximum atomic E-state index is 14.4. The summed E-state index contributed by atoms with van der Waals surface area (Å²) in [6.45, 7) is 0. The largest absolute Gasteiger partial charge is 0.508 e. The number of phenols is 1. The van der Waals surface area contributed by atoms with E-state index in [0.29, 0.717) is 5.56 Å². The van der Waals surface area contributed by atoms with Gasteiger partial charge in [-0.25, -0.2) is 4.39 Å². The van der Waals surface area contributed by atoms with Crippen molar-refractivity contribution >= 4 is 6.08 Å². The van der Waals surface area contributed by atoms with Crippen molar-refractivity contribution in [1.82, 2.24) is 0 Å². The molecule has 0 amide bonds. The van der Waals surface area contributed by atoms with E-state index in [1.54, 1.807) is 12.1 Å². The van der Waals surface area contributed by atoms with Crippen molar-refractivity contribution in [3.63, 3.8) is 0 Å². The normalized spacial score (nSPS) is 27.4. The summed E-state index contributed by atoms with van der Waals surface area (Å²) in [5, 5.41) is 28.2. The molecular formula is C14H13FO3. The van der Waals surface area contributed by atoms with Gasteiger partial charge >= 0.3 is 0 Å². The van der Waals surface area contributed by atoms with Gasteiger partial charge in [-0.1, -0.05) is 30.4 Å². The maximum Gasteiger partial charge on any atom is 0.214 e. The number of aromatic hydroxyl groups is 1. The number of aliphatic hydroxyl groups excluding tert-OH is 2. The van der Waals surface area contributed by atoms with Crippen molar-refractivity contribution < 1.29 is 19.7 Å². The van der Waals surface area contributed by atoms with Gasteiger partial charge < -0.3 is 15.3 Å². The van der Waals surface area contributed by atoms with E-state index in [4.69, 9.17) is 5.11 Å². The van der Waals surface area contributed by atoms with Crippen LogP contribution in [0.15, 0.2) is 54.3 Å². The van der Waals surface area contributed by atoms with Gasteiger partial charge in [-0.15, -0.1) is 0 Å². The van der Waals surface area contributed by atoms with Crippen LogP contribution >= 0.6 is 0 Å². The molecule has 1 aliphatic rings. The van der Waals surface area contributed by atoms with Crippen LogP contribution in [0.5, 0.6) is 5.75 Å². The Morgan fingerprint density at radius 3 is 2.44 bits per heavy atom. The van der Waals surface area contributed by atoms with E-state index in [2.05, 4.69) is 0 Å². The van der Waals surface area contributed by atoms with E-state index in [1.807, 2.05) is 0 Å². The van der Waals surface area contributed by atoms with Crippen LogP contribution in [0.4, 0.5) is 4.39 Å². The standard InChI is InChI=1S/C14H13FO3/c15-14(12(17)2-1-3-13(14)18)9-8-10-4-6-11(16)7-5-10/h1-9,12,16-18H. The summed E-state index contributed by atoms with van der Waals surface area (Å²) in [5.41, 5.74) is -1.66. The number of phenolic OH excluding ortho intramolecular Hbond substituents is 1. The summed E-state index contributed by atoms with van der Waals surface area (Å²) in [6, 6.07) is 6.14. The molecule has 0 aliphatic heterocycles. The smallest absolute Gasteiger partial charge is 0.214 e. The summed E-state index contributed by atoms with van der Waals surface area (Å²) in [6.07, 6.45) is 4.97. The molecule has 2 unspecified atom stereocenters. The molecule has 0 saturated carbocycles. The zero-order chi connectivity index (χ0) is 13.2. The Morgan fingerprint density at radius 1 is 1.17 bits per heavy atom. The molecular weight excluding hydrogens is 235 g/mol. The molecule has 2 atom stereocenters. The van der Waals surface area contributed by atoms with Gasteiger partial charge in [0.15, 0.2) is 0 Å². The minimum atomic E-state index is -2.31. The zero-order valence-electron chi connectivity index (χ0n) is 9.49. The number of rotatable bonds is 2. The number of aliphatic hydroxyl groups is 2. The second-order valence-electron chi connectivity index (χ2n) is 4.07. The fourth-order valence-electron chi connectivity index (χ4n) is 1.66. The Labute approximate surface area is 104 Å². The highest BCUT2D eigenvalue weighted by Gasteiger charge is 2.40. The van der Waals surface area contributed by atoms with E-state index in [1.165, 1.54) is 36.4 Å². The van der Waals surface area contributed by atoms with Gasteiger partial charge in [0.2, 0.25) is 5.67 Å². The number of hydrogen-bond donors (Lipinski definition) is 3. The predicted molar refractivity (Wildman–Crippen MR) is 66.8 cm³/mol. The molecule has 0 bridgehead atoms. The summed E-state index contributed by atoms with van der Waals surface area (Å²) in [4.78, 5) is 0. The van der Waals surface area contributed by atoms with Crippen molar-refractivity contribution in [2.45, 2.75) is 11.8 Å². The average molecular weight is 248 g/mol. The fraction of sp³-hybridized carbons (Fsp3) is 0.143. The molecule has 3 N–H and O–H groups in total.